The Bertz CT molecular complexity index is 758. The molecule has 1 aliphatic carbocycles. The zero-order valence-electron chi connectivity index (χ0n) is 15.6. The third-order valence-corrected chi connectivity index (χ3v) is 6.30. The van der Waals surface area contributed by atoms with E-state index in [0.717, 1.165) is 12.0 Å². The summed E-state index contributed by atoms with van der Waals surface area (Å²) >= 11 is 1.32. The summed E-state index contributed by atoms with van der Waals surface area (Å²) in [6, 6.07) is 8.23. The molecule has 3 N–H and O–H groups in total. The molecule has 1 aliphatic rings. The van der Waals surface area contributed by atoms with Crippen LogP contribution in [-0.2, 0) is 4.79 Å². The van der Waals surface area contributed by atoms with Gasteiger partial charge in [0, 0.05) is 11.6 Å². The van der Waals surface area contributed by atoms with Crippen LogP contribution in [-0.4, -0.2) is 32.6 Å². The van der Waals surface area contributed by atoms with Gasteiger partial charge in [0.05, 0.1) is 5.75 Å². The van der Waals surface area contributed by atoms with E-state index in [1.54, 1.807) is 0 Å². The molecule has 0 bridgehead atoms. The molecule has 0 saturated heterocycles. The van der Waals surface area contributed by atoms with Gasteiger partial charge in [0.1, 0.15) is 0 Å². The minimum atomic E-state index is 0.0286. The third-order valence-electron chi connectivity index (χ3n) is 5.36. The number of nitrogens with zero attached hydrogens (tertiary/aromatic N) is 3. The summed E-state index contributed by atoms with van der Waals surface area (Å²) in [6.45, 7) is 6.53. The fourth-order valence-electron chi connectivity index (χ4n) is 3.44. The minimum absolute atomic E-state index is 0.0286. The van der Waals surface area contributed by atoms with Crippen LogP contribution >= 0.6 is 11.8 Å². The predicted molar refractivity (Wildman–Crippen MR) is 105 cm³/mol. The smallest absolute Gasteiger partial charge is 0.230 e. The van der Waals surface area contributed by atoms with Crippen molar-refractivity contribution in [2.24, 2.45) is 11.8 Å². The molecule has 140 valence electrons. The van der Waals surface area contributed by atoms with Gasteiger partial charge in [-0.15, -0.1) is 10.2 Å². The summed E-state index contributed by atoms with van der Waals surface area (Å²) in [6.07, 6.45) is 3.49. The van der Waals surface area contributed by atoms with Crippen LogP contribution < -0.4 is 11.2 Å². The number of aryl methyl sites for hydroxylation is 1. The molecule has 0 spiro atoms. The first-order valence-electron chi connectivity index (χ1n) is 9.15. The quantitative estimate of drug-likeness (QED) is 0.621. The van der Waals surface area contributed by atoms with Gasteiger partial charge in [-0.2, -0.15) is 0 Å². The van der Waals surface area contributed by atoms with Crippen molar-refractivity contribution in [2.75, 3.05) is 11.6 Å². The summed E-state index contributed by atoms with van der Waals surface area (Å²) in [4.78, 5) is 12.3. The normalized spacial score (nSPS) is 23.0. The van der Waals surface area contributed by atoms with Gasteiger partial charge in [0.15, 0.2) is 5.82 Å². The monoisotopic (exact) mass is 373 g/mol. The van der Waals surface area contributed by atoms with Gasteiger partial charge in [-0.25, -0.2) is 4.68 Å². The molecule has 1 aromatic carbocycles. The highest BCUT2D eigenvalue weighted by atomic mass is 32.2. The molecule has 1 heterocycles. The summed E-state index contributed by atoms with van der Waals surface area (Å²) in [5.74, 6) is 8.22. The average molecular weight is 374 g/mol. The van der Waals surface area contributed by atoms with Gasteiger partial charge in [0.25, 0.3) is 0 Å². The van der Waals surface area contributed by atoms with Crippen molar-refractivity contribution in [3.05, 3.63) is 29.8 Å². The van der Waals surface area contributed by atoms with Gasteiger partial charge >= 0.3 is 0 Å². The summed E-state index contributed by atoms with van der Waals surface area (Å²) in [7, 11) is 0. The fourth-order valence-corrected chi connectivity index (χ4v) is 4.11. The summed E-state index contributed by atoms with van der Waals surface area (Å²) in [5, 5.41) is 12.0. The van der Waals surface area contributed by atoms with E-state index in [1.807, 2.05) is 31.2 Å². The molecular formula is C19H27N5OS. The van der Waals surface area contributed by atoms with Crippen molar-refractivity contribution in [1.29, 1.82) is 0 Å². The molecule has 0 aliphatic heterocycles. The Morgan fingerprint density at radius 3 is 2.73 bits per heavy atom. The molecule has 3 rings (SSSR count). The van der Waals surface area contributed by atoms with Crippen molar-refractivity contribution in [3.8, 4) is 11.4 Å². The molecule has 7 heteroatoms. The maximum Gasteiger partial charge on any atom is 0.230 e. The highest BCUT2D eigenvalue weighted by molar-refractivity contribution is 7.99. The highest BCUT2D eigenvalue weighted by Gasteiger charge is 2.28. The van der Waals surface area contributed by atoms with Gasteiger partial charge < -0.3 is 11.2 Å². The lowest BCUT2D eigenvalue weighted by atomic mass is 9.78. The molecule has 3 atom stereocenters. The maximum absolute atomic E-state index is 12.3. The second-order valence-corrected chi connectivity index (χ2v) is 8.21. The van der Waals surface area contributed by atoms with Crippen LogP contribution in [0.1, 0.15) is 38.7 Å². The Morgan fingerprint density at radius 2 is 2.00 bits per heavy atom. The zero-order chi connectivity index (χ0) is 18.7. The Kier molecular flexibility index (Phi) is 5.86. The first-order valence-corrected chi connectivity index (χ1v) is 10.1. The van der Waals surface area contributed by atoms with E-state index in [1.165, 1.54) is 34.8 Å². The average Bonchev–Trinajstić information content (AvgIpc) is 2.99. The number of hydrogen-bond acceptors (Lipinski definition) is 5. The molecule has 2 aromatic rings. The molecule has 1 fully saturated rings. The highest BCUT2D eigenvalue weighted by Crippen LogP contribution is 2.29. The second kappa shape index (κ2) is 8.12. The number of thioether (sulfide) groups is 1. The number of carbonyl (C=O) groups is 1. The molecule has 1 amide bonds. The van der Waals surface area contributed by atoms with Crippen LogP contribution in [0.15, 0.2) is 29.4 Å². The van der Waals surface area contributed by atoms with Crippen LogP contribution in [0.4, 0.5) is 0 Å². The molecule has 0 unspecified atom stereocenters. The standard InChI is InChI=1S/C19H27N5OS/c1-12-7-9-15(10-8-12)18-22-23-19(24(18)20)26-11-17(25)21-16-6-4-5-13(2)14(16)3/h7-10,13-14,16H,4-6,11,20H2,1-3H3,(H,21,25)/t13-,14-,16-/m0/s1. The van der Waals surface area contributed by atoms with Gasteiger partial charge in [0.2, 0.25) is 11.1 Å². The minimum Gasteiger partial charge on any atom is -0.352 e. The topological polar surface area (TPSA) is 85.8 Å². The lowest BCUT2D eigenvalue weighted by Crippen LogP contribution is -2.44. The third kappa shape index (κ3) is 4.20. The predicted octanol–water partition coefficient (Wildman–Crippen LogP) is 3.00. The lowest BCUT2D eigenvalue weighted by molar-refractivity contribution is -0.120. The number of amides is 1. The van der Waals surface area contributed by atoms with E-state index >= 15 is 0 Å². The van der Waals surface area contributed by atoms with E-state index in [9.17, 15) is 4.79 Å². The molecule has 1 saturated carbocycles. The molecule has 0 radical (unpaired) electrons. The number of aromatic nitrogens is 3. The van der Waals surface area contributed by atoms with Crippen molar-refractivity contribution in [2.45, 2.75) is 51.2 Å². The van der Waals surface area contributed by atoms with Gasteiger partial charge in [-0.05, 0) is 25.2 Å². The first kappa shape index (κ1) is 18.8. The number of nitrogen functional groups attached to an aromatic ring is 1. The van der Waals surface area contributed by atoms with Crippen LogP contribution in [0.5, 0.6) is 0 Å². The molecule has 6 nitrogen and oxygen atoms in total. The summed E-state index contributed by atoms with van der Waals surface area (Å²) < 4.78 is 1.45. The number of nitrogens with two attached hydrogens (primary N) is 1. The van der Waals surface area contributed by atoms with Crippen molar-refractivity contribution >= 4 is 17.7 Å². The number of rotatable bonds is 5. The Balaban J connectivity index is 1.58. The lowest BCUT2D eigenvalue weighted by Gasteiger charge is -2.34. The SMILES string of the molecule is Cc1ccc(-c2nnc(SCC(=O)N[C@H]3CCC[C@H](C)[C@@H]3C)n2N)cc1. The van der Waals surface area contributed by atoms with E-state index in [2.05, 4.69) is 29.4 Å². The van der Waals surface area contributed by atoms with Crippen LogP contribution in [0, 0.1) is 18.8 Å². The Morgan fingerprint density at radius 1 is 1.27 bits per heavy atom. The molecule has 1 aromatic heterocycles. The number of benzene rings is 1. The van der Waals surface area contributed by atoms with E-state index in [-0.39, 0.29) is 11.9 Å². The Labute approximate surface area is 158 Å². The van der Waals surface area contributed by atoms with Crippen LogP contribution in [0.25, 0.3) is 11.4 Å². The van der Waals surface area contributed by atoms with Crippen LogP contribution in [0.2, 0.25) is 0 Å². The molecule has 26 heavy (non-hydrogen) atoms. The van der Waals surface area contributed by atoms with Crippen molar-refractivity contribution in [1.82, 2.24) is 20.2 Å². The fraction of sp³-hybridized carbons (Fsp3) is 0.526. The first-order chi connectivity index (χ1) is 12.5. The van der Waals surface area contributed by atoms with Crippen LogP contribution in [0.3, 0.4) is 0 Å². The van der Waals surface area contributed by atoms with Gasteiger partial charge in [-0.3, -0.25) is 4.79 Å². The van der Waals surface area contributed by atoms with E-state index < -0.39 is 0 Å². The van der Waals surface area contributed by atoms with Crippen molar-refractivity contribution < 1.29 is 4.79 Å². The maximum atomic E-state index is 12.3. The largest absolute Gasteiger partial charge is 0.352 e. The zero-order valence-corrected chi connectivity index (χ0v) is 16.4. The molecular weight excluding hydrogens is 346 g/mol. The van der Waals surface area contributed by atoms with Crippen molar-refractivity contribution in [3.63, 3.8) is 0 Å². The van der Waals surface area contributed by atoms with Gasteiger partial charge in [-0.1, -0.05) is 68.3 Å². The number of carbonyl (C=O) groups excluding carboxylic acids is 1. The van der Waals surface area contributed by atoms with E-state index in [0.29, 0.717) is 28.6 Å². The Hall–Kier alpha value is -2.02. The van der Waals surface area contributed by atoms with E-state index in [4.69, 9.17) is 5.84 Å². The number of hydrogen-bond donors (Lipinski definition) is 2. The summed E-state index contributed by atoms with van der Waals surface area (Å²) in [5.41, 5.74) is 2.08. The number of nitrogens with one attached hydrogen (secondary N) is 1. The second-order valence-electron chi connectivity index (χ2n) is 7.27.